The summed E-state index contributed by atoms with van der Waals surface area (Å²) < 4.78 is 18.8. The van der Waals surface area contributed by atoms with Crippen molar-refractivity contribution in [1.82, 2.24) is 15.5 Å². The van der Waals surface area contributed by atoms with Gasteiger partial charge in [-0.25, -0.2) is 9.38 Å². The van der Waals surface area contributed by atoms with Gasteiger partial charge in [0, 0.05) is 31.1 Å². The topological polar surface area (TPSA) is 48.9 Å². The van der Waals surface area contributed by atoms with Crippen LogP contribution in [0.2, 0.25) is 0 Å². The number of hydrogen-bond donors (Lipinski definition) is 2. The molecule has 0 aliphatic carbocycles. The van der Waals surface area contributed by atoms with Crippen LogP contribution in [0.1, 0.15) is 30.3 Å². The highest BCUT2D eigenvalue weighted by atomic mass is 127. The Balaban J connectivity index is 0.00000300. The zero-order chi connectivity index (χ0) is 19.8. The number of benzene rings is 1. The van der Waals surface area contributed by atoms with Crippen LogP contribution >= 0.6 is 35.3 Å². The molecule has 0 bridgehead atoms. The van der Waals surface area contributed by atoms with Crippen molar-refractivity contribution in [2.75, 3.05) is 32.8 Å². The second-order valence-corrected chi connectivity index (χ2v) is 7.89. The molecular weight excluding hydrogens is 502 g/mol. The van der Waals surface area contributed by atoms with E-state index in [1.165, 1.54) is 17.0 Å². The van der Waals surface area contributed by atoms with Crippen molar-refractivity contribution < 1.29 is 9.13 Å². The molecule has 29 heavy (non-hydrogen) atoms. The molecule has 2 N–H and O–H groups in total. The van der Waals surface area contributed by atoms with Crippen molar-refractivity contribution in [2.24, 2.45) is 4.99 Å². The van der Waals surface area contributed by atoms with E-state index in [1.807, 2.05) is 0 Å². The smallest absolute Gasteiger partial charge is 0.191 e. The fraction of sp³-hybridized carbons (Fsp3) is 0.476. The average molecular weight is 532 g/mol. The van der Waals surface area contributed by atoms with Crippen LogP contribution in [0.25, 0.3) is 0 Å². The summed E-state index contributed by atoms with van der Waals surface area (Å²) in [4.78, 5) is 8.49. The number of nitrogens with one attached hydrogen (secondary N) is 2. The van der Waals surface area contributed by atoms with Crippen LogP contribution in [0.4, 0.5) is 4.39 Å². The first kappa shape index (κ1) is 24.0. The van der Waals surface area contributed by atoms with E-state index in [0.717, 1.165) is 44.3 Å². The standard InChI is InChI=1S/C21H29FN4OS.HI/c1-3-23-21(24-13-17-6-8-18(22)9-7-17)25-14-19(20-5-4-12-28-20)26-10-11-27-16(2)15-26;/h4-9,12,16,19H,3,10-11,13-15H2,1-2H3,(H2,23,24,25);1H. The second kappa shape index (κ2) is 12.5. The Morgan fingerprint density at radius 1 is 1.31 bits per heavy atom. The van der Waals surface area contributed by atoms with Crippen LogP contribution in [0.5, 0.6) is 0 Å². The van der Waals surface area contributed by atoms with Crippen LogP contribution in [0.3, 0.4) is 0 Å². The molecular formula is C21H30FIN4OS. The van der Waals surface area contributed by atoms with E-state index < -0.39 is 0 Å². The van der Waals surface area contributed by atoms with Crippen molar-refractivity contribution in [3.8, 4) is 0 Å². The zero-order valence-corrected chi connectivity index (χ0v) is 20.1. The fourth-order valence-electron chi connectivity index (χ4n) is 3.31. The summed E-state index contributed by atoms with van der Waals surface area (Å²) in [5.41, 5.74) is 0.982. The predicted molar refractivity (Wildman–Crippen MR) is 129 cm³/mol. The normalized spacial score (nSPS) is 18.7. The lowest BCUT2D eigenvalue weighted by atomic mass is 10.1. The third-order valence-corrected chi connectivity index (χ3v) is 5.70. The van der Waals surface area contributed by atoms with Gasteiger partial charge in [-0.2, -0.15) is 0 Å². The number of ether oxygens (including phenoxy) is 1. The Labute approximate surface area is 193 Å². The Morgan fingerprint density at radius 3 is 2.76 bits per heavy atom. The van der Waals surface area contributed by atoms with E-state index in [-0.39, 0.29) is 41.9 Å². The average Bonchev–Trinajstić information content (AvgIpc) is 3.22. The van der Waals surface area contributed by atoms with Crippen molar-refractivity contribution in [2.45, 2.75) is 32.5 Å². The number of guanidine groups is 1. The van der Waals surface area contributed by atoms with Crippen LogP contribution in [-0.2, 0) is 11.3 Å². The fourth-order valence-corrected chi connectivity index (χ4v) is 4.18. The SMILES string of the molecule is CCNC(=NCc1ccc(F)cc1)NCC(c1cccs1)N1CCOC(C)C1.I. The van der Waals surface area contributed by atoms with Crippen LogP contribution < -0.4 is 10.6 Å². The van der Waals surface area contributed by atoms with Gasteiger partial charge in [-0.05, 0) is 43.0 Å². The quantitative estimate of drug-likeness (QED) is 0.322. The summed E-state index contributed by atoms with van der Waals surface area (Å²) in [7, 11) is 0. The molecule has 2 aromatic rings. The molecule has 5 nitrogen and oxygen atoms in total. The lowest BCUT2D eigenvalue weighted by Crippen LogP contribution is -2.48. The molecule has 2 heterocycles. The van der Waals surface area contributed by atoms with Gasteiger partial charge in [-0.3, -0.25) is 4.90 Å². The van der Waals surface area contributed by atoms with Crippen LogP contribution in [-0.4, -0.2) is 49.7 Å². The number of nitrogens with zero attached hydrogens (tertiary/aromatic N) is 2. The Hall–Kier alpha value is -1.23. The second-order valence-electron chi connectivity index (χ2n) is 6.91. The highest BCUT2D eigenvalue weighted by Crippen LogP contribution is 2.26. The number of halogens is 2. The van der Waals surface area contributed by atoms with E-state index in [9.17, 15) is 4.39 Å². The zero-order valence-electron chi connectivity index (χ0n) is 16.9. The molecule has 1 aromatic carbocycles. The highest BCUT2D eigenvalue weighted by Gasteiger charge is 2.26. The number of hydrogen-bond acceptors (Lipinski definition) is 4. The summed E-state index contributed by atoms with van der Waals surface area (Å²) in [6.07, 6.45) is 0.247. The van der Waals surface area contributed by atoms with Gasteiger partial charge in [0.25, 0.3) is 0 Å². The van der Waals surface area contributed by atoms with Gasteiger partial charge in [0.2, 0.25) is 0 Å². The molecule has 1 aliphatic heterocycles. The van der Waals surface area contributed by atoms with Crippen molar-refractivity contribution >= 4 is 41.3 Å². The van der Waals surface area contributed by atoms with Gasteiger partial charge in [-0.15, -0.1) is 35.3 Å². The monoisotopic (exact) mass is 532 g/mol. The maximum atomic E-state index is 13.1. The minimum absolute atomic E-state index is 0. The lowest BCUT2D eigenvalue weighted by Gasteiger charge is -2.37. The molecule has 1 aliphatic rings. The predicted octanol–water partition coefficient (Wildman–Crippen LogP) is 4.02. The summed E-state index contributed by atoms with van der Waals surface area (Å²) in [5, 5.41) is 8.92. The molecule has 2 unspecified atom stereocenters. The molecule has 0 amide bonds. The molecule has 1 saturated heterocycles. The van der Waals surface area contributed by atoms with E-state index in [1.54, 1.807) is 23.5 Å². The van der Waals surface area contributed by atoms with Gasteiger partial charge in [-0.1, -0.05) is 18.2 Å². The maximum Gasteiger partial charge on any atom is 0.191 e. The van der Waals surface area contributed by atoms with Gasteiger partial charge in [0.05, 0.1) is 25.3 Å². The molecule has 0 spiro atoms. The van der Waals surface area contributed by atoms with Gasteiger partial charge in [0.1, 0.15) is 5.82 Å². The summed E-state index contributed by atoms with van der Waals surface area (Å²) >= 11 is 1.78. The number of aliphatic imine (C=N–C) groups is 1. The minimum Gasteiger partial charge on any atom is -0.376 e. The summed E-state index contributed by atoms with van der Waals surface area (Å²) in [6.45, 7) is 8.85. The Kier molecular flexibility index (Phi) is 10.3. The molecule has 160 valence electrons. The molecule has 0 saturated carbocycles. The molecule has 0 radical (unpaired) electrons. The first-order valence-electron chi connectivity index (χ1n) is 9.81. The van der Waals surface area contributed by atoms with Gasteiger partial charge < -0.3 is 15.4 Å². The Morgan fingerprint density at radius 2 is 2.10 bits per heavy atom. The maximum absolute atomic E-state index is 13.1. The highest BCUT2D eigenvalue weighted by molar-refractivity contribution is 14.0. The van der Waals surface area contributed by atoms with E-state index in [4.69, 9.17) is 4.74 Å². The van der Waals surface area contributed by atoms with E-state index in [2.05, 4.69) is 51.9 Å². The molecule has 8 heteroatoms. The van der Waals surface area contributed by atoms with Gasteiger partial charge in [0.15, 0.2) is 5.96 Å². The largest absolute Gasteiger partial charge is 0.376 e. The van der Waals surface area contributed by atoms with Crippen LogP contribution in [0.15, 0.2) is 46.8 Å². The third-order valence-electron chi connectivity index (χ3n) is 4.72. The lowest BCUT2D eigenvalue weighted by molar-refractivity contribution is -0.0334. The van der Waals surface area contributed by atoms with Crippen molar-refractivity contribution in [1.29, 1.82) is 0 Å². The number of rotatable bonds is 7. The number of morpholine rings is 1. The Bertz CT molecular complexity index is 742. The van der Waals surface area contributed by atoms with Crippen molar-refractivity contribution in [3.63, 3.8) is 0 Å². The molecule has 2 atom stereocenters. The first-order chi connectivity index (χ1) is 13.7. The van der Waals surface area contributed by atoms with E-state index >= 15 is 0 Å². The summed E-state index contributed by atoms with van der Waals surface area (Å²) in [6, 6.07) is 11.1. The first-order valence-corrected chi connectivity index (χ1v) is 10.7. The minimum atomic E-state index is -0.226. The van der Waals surface area contributed by atoms with Crippen LogP contribution in [0, 0.1) is 5.82 Å². The summed E-state index contributed by atoms with van der Waals surface area (Å²) in [5.74, 6) is 0.547. The third kappa shape index (κ3) is 7.51. The molecule has 3 rings (SSSR count). The van der Waals surface area contributed by atoms with Crippen molar-refractivity contribution in [3.05, 3.63) is 58.0 Å². The van der Waals surface area contributed by atoms with Gasteiger partial charge >= 0.3 is 0 Å². The number of thiophene rings is 1. The molecule has 1 fully saturated rings. The molecule has 1 aromatic heterocycles. The van der Waals surface area contributed by atoms with E-state index in [0.29, 0.717) is 6.54 Å².